The van der Waals surface area contributed by atoms with E-state index in [1.165, 1.54) is 0 Å². The second-order valence-electron chi connectivity index (χ2n) is 11.8. The third-order valence-corrected chi connectivity index (χ3v) is 7.33. The molecule has 180 valence electrons. The molecule has 1 heterocycles. The summed E-state index contributed by atoms with van der Waals surface area (Å²) in [4.78, 5) is 40.8. The van der Waals surface area contributed by atoms with Gasteiger partial charge in [0.25, 0.3) is 0 Å². The molecule has 0 spiro atoms. The number of aliphatic hydroxyl groups excluding tert-OH is 1. The highest BCUT2D eigenvalue weighted by Crippen LogP contribution is 2.65. The number of aliphatic hydroxyl groups is 1. The number of fused-ring (bicyclic) bond motifs is 1. The lowest BCUT2D eigenvalue weighted by atomic mass is 9.69. The molecule has 2 saturated carbocycles. The van der Waals surface area contributed by atoms with Crippen molar-refractivity contribution in [3.63, 3.8) is 0 Å². The van der Waals surface area contributed by atoms with Crippen LogP contribution in [0.2, 0.25) is 0 Å². The van der Waals surface area contributed by atoms with Crippen LogP contribution in [0.15, 0.2) is 12.2 Å². The molecule has 32 heavy (non-hydrogen) atoms. The van der Waals surface area contributed by atoms with E-state index in [9.17, 15) is 19.5 Å². The number of piperidine rings is 1. The van der Waals surface area contributed by atoms with Crippen LogP contribution in [0.1, 0.15) is 61.3 Å². The molecule has 4 atom stereocenters. The minimum atomic E-state index is -0.976. The average Bonchev–Trinajstić information content (AvgIpc) is 2.99. The van der Waals surface area contributed by atoms with Gasteiger partial charge in [-0.1, -0.05) is 27.4 Å². The fourth-order valence-electron chi connectivity index (χ4n) is 5.68. The van der Waals surface area contributed by atoms with Crippen molar-refractivity contribution in [3.8, 4) is 0 Å². The van der Waals surface area contributed by atoms with E-state index in [1.54, 1.807) is 32.6 Å². The predicted molar refractivity (Wildman–Crippen MR) is 121 cm³/mol. The zero-order valence-electron chi connectivity index (χ0n) is 20.4. The van der Waals surface area contributed by atoms with Gasteiger partial charge in [-0.3, -0.25) is 9.59 Å². The van der Waals surface area contributed by atoms with E-state index in [0.29, 0.717) is 18.0 Å². The van der Waals surface area contributed by atoms with Crippen molar-refractivity contribution >= 4 is 17.9 Å². The van der Waals surface area contributed by atoms with Gasteiger partial charge in [-0.25, -0.2) is 4.79 Å². The maximum absolute atomic E-state index is 13.5. The van der Waals surface area contributed by atoms with Crippen LogP contribution in [0.3, 0.4) is 0 Å². The first-order chi connectivity index (χ1) is 14.6. The monoisotopic (exact) mass is 449 g/mol. The molecular weight excluding hydrogens is 410 g/mol. The summed E-state index contributed by atoms with van der Waals surface area (Å²) >= 11 is 0. The summed E-state index contributed by atoms with van der Waals surface area (Å²) in [5.74, 6) is 0.133. The summed E-state index contributed by atoms with van der Waals surface area (Å²) in [6.45, 7) is 17.5. The Morgan fingerprint density at radius 3 is 2.31 bits per heavy atom. The number of hydrogen-bond acceptors (Lipinski definition) is 5. The second kappa shape index (κ2) is 8.04. The highest BCUT2D eigenvalue weighted by atomic mass is 16.6. The summed E-state index contributed by atoms with van der Waals surface area (Å²) in [6.07, 6.45) is 0.747. The normalized spacial score (nSPS) is 33.4. The van der Waals surface area contributed by atoms with Crippen LogP contribution in [-0.2, 0) is 14.3 Å². The molecule has 3 amide bonds. The summed E-state index contributed by atoms with van der Waals surface area (Å²) in [7, 11) is 0. The van der Waals surface area contributed by atoms with Crippen LogP contribution in [0.5, 0.6) is 0 Å². The SMILES string of the molecule is C=C(C)[C@H](NC(=O)OC(C)(C)C)C(=O)N1C[C@H]2[C@@H]([C@H]1C(=O)NC1(CO)CC(C)C1)C2(C)C. The number of likely N-dealkylation sites (tertiary alicyclic amines) is 1. The summed E-state index contributed by atoms with van der Waals surface area (Å²) in [5.41, 5.74) is -0.868. The zero-order chi connectivity index (χ0) is 24.2. The molecule has 0 aromatic carbocycles. The van der Waals surface area contributed by atoms with E-state index in [1.807, 2.05) is 0 Å². The van der Waals surface area contributed by atoms with Gasteiger partial charge in [0.05, 0.1) is 12.1 Å². The first-order valence-electron chi connectivity index (χ1n) is 11.5. The average molecular weight is 450 g/mol. The zero-order valence-corrected chi connectivity index (χ0v) is 20.4. The number of carbonyl (C=O) groups is 3. The number of rotatable bonds is 6. The molecule has 3 fully saturated rings. The minimum absolute atomic E-state index is 0.0324. The quantitative estimate of drug-likeness (QED) is 0.539. The summed E-state index contributed by atoms with van der Waals surface area (Å²) in [6, 6.07) is -1.61. The second-order valence-corrected chi connectivity index (χ2v) is 11.8. The van der Waals surface area contributed by atoms with Gasteiger partial charge in [-0.05, 0) is 69.3 Å². The Morgan fingerprint density at radius 1 is 1.25 bits per heavy atom. The Balaban J connectivity index is 1.78. The molecule has 0 aromatic heterocycles. The van der Waals surface area contributed by atoms with Crippen LogP contribution in [0, 0.1) is 23.2 Å². The fraction of sp³-hybridized carbons (Fsp3) is 0.792. The molecule has 3 rings (SSSR count). The van der Waals surface area contributed by atoms with Gasteiger partial charge in [0.15, 0.2) is 0 Å². The van der Waals surface area contributed by atoms with Gasteiger partial charge in [0.2, 0.25) is 11.8 Å². The van der Waals surface area contributed by atoms with Crippen molar-refractivity contribution in [1.82, 2.24) is 15.5 Å². The first-order valence-corrected chi connectivity index (χ1v) is 11.5. The van der Waals surface area contributed by atoms with Crippen LogP contribution < -0.4 is 10.6 Å². The predicted octanol–water partition coefficient (Wildman–Crippen LogP) is 2.22. The van der Waals surface area contributed by atoms with E-state index in [2.05, 4.69) is 38.0 Å². The first kappa shape index (κ1) is 24.6. The molecule has 0 aromatic rings. The third-order valence-electron chi connectivity index (χ3n) is 7.33. The molecule has 8 nitrogen and oxygen atoms in total. The number of amides is 3. The van der Waals surface area contributed by atoms with E-state index in [0.717, 1.165) is 12.8 Å². The molecular formula is C24H39N3O5. The number of nitrogens with zero attached hydrogens (tertiary/aromatic N) is 1. The molecule has 1 aliphatic heterocycles. The van der Waals surface area contributed by atoms with E-state index < -0.39 is 29.3 Å². The molecule has 8 heteroatoms. The smallest absolute Gasteiger partial charge is 0.408 e. The van der Waals surface area contributed by atoms with E-state index in [-0.39, 0.29) is 35.7 Å². The minimum Gasteiger partial charge on any atom is -0.444 e. The lowest BCUT2D eigenvalue weighted by molar-refractivity contribution is -0.143. The number of hydrogen-bond donors (Lipinski definition) is 3. The van der Waals surface area contributed by atoms with E-state index >= 15 is 0 Å². The van der Waals surface area contributed by atoms with Crippen molar-refractivity contribution in [2.75, 3.05) is 13.2 Å². The summed E-state index contributed by atoms with van der Waals surface area (Å²) in [5, 5.41) is 15.6. The van der Waals surface area contributed by atoms with Crippen molar-refractivity contribution in [1.29, 1.82) is 0 Å². The van der Waals surface area contributed by atoms with Crippen LogP contribution in [0.4, 0.5) is 4.79 Å². The Bertz CT molecular complexity index is 809. The Labute approximate surface area is 191 Å². The van der Waals surface area contributed by atoms with E-state index in [4.69, 9.17) is 4.74 Å². The summed E-state index contributed by atoms with van der Waals surface area (Å²) < 4.78 is 5.31. The maximum Gasteiger partial charge on any atom is 0.408 e. The van der Waals surface area contributed by atoms with Crippen molar-refractivity contribution in [2.24, 2.45) is 23.2 Å². The number of alkyl carbamates (subject to hydrolysis) is 1. The van der Waals surface area contributed by atoms with Crippen LogP contribution in [0.25, 0.3) is 0 Å². The molecule has 2 aliphatic carbocycles. The fourth-order valence-corrected chi connectivity index (χ4v) is 5.68. The van der Waals surface area contributed by atoms with Crippen molar-refractivity contribution < 1.29 is 24.2 Å². The lowest BCUT2D eigenvalue weighted by Crippen LogP contribution is -2.64. The lowest BCUT2D eigenvalue weighted by Gasteiger charge is -2.47. The van der Waals surface area contributed by atoms with Gasteiger partial charge < -0.3 is 25.4 Å². The van der Waals surface area contributed by atoms with Gasteiger partial charge in [-0.15, -0.1) is 0 Å². The molecule has 1 saturated heterocycles. The maximum atomic E-state index is 13.5. The standard InChI is InChI=1S/C24H39N3O5/c1-13(2)17(25-21(31)32-22(4,5)6)20(30)27-11-15-16(23(15,7)8)18(27)19(29)26-24(12-28)9-14(3)10-24/h14-18,28H,1,9-12H2,2-8H3,(H,25,31)(H,26,29)/t14?,15-,16-,17-,18-,24?/m0/s1. The largest absolute Gasteiger partial charge is 0.444 e. The highest BCUT2D eigenvalue weighted by molar-refractivity contribution is 5.94. The Kier molecular flexibility index (Phi) is 6.17. The topological polar surface area (TPSA) is 108 Å². The Hall–Kier alpha value is -2.09. The van der Waals surface area contributed by atoms with Crippen molar-refractivity contribution in [2.45, 2.75) is 84.5 Å². The van der Waals surface area contributed by atoms with Crippen molar-refractivity contribution in [3.05, 3.63) is 12.2 Å². The van der Waals surface area contributed by atoms with Gasteiger partial charge >= 0.3 is 6.09 Å². The van der Waals surface area contributed by atoms with Crippen LogP contribution in [-0.4, -0.2) is 64.3 Å². The molecule has 3 aliphatic rings. The highest BCUT2D eigenvalue weighted by Gasteiger charge is 2.70. The van der Waals surface area contributed by atoms with Gasteiger partial charge in [0.1, 0.15) is 17.7 Å². The number of carbonyl (C=O) groups excluding carboxylic acids is 3. The van der Waals surface area contributed by atoms with Gasteiger partial charge in [0, 0.05) is 6.54 Å². The molecule has 3 N–H and O–H groups in total. The molecule has 0 radical (unpaired) electrons. The molecule has 0 unspecified atom stereocenters. The Morgan fingerprint density at radius 2 is 1.84 bits per heavy atom. The van der Waals surface area contributed by atoms with Gasteiger partial charge in [-0.2, -0.15) is 0 Å². The van der Waals surface area contributed by atoms with Crippen LogP contribution >= 0.6 is 0 Å². The number of nitrogens with one attached hydrogen (secondary N) is 2. The number of ether oxygens (including phenoxy) is 1. The molecule has 0 bridgehead atoms. The third kappa shape index (κ3) is 4.51.